The van der Waals surface area contributed by atoms with Crippen molar-refractivity contribution in [1.82, 2.24) is 4.98 Å². The van der Waals surface area contributed by atoms with Crippen LogP contribution in [0.1, 0.15) is 37.0 Å². The van der Waals surface area contributed by atoms with Gasteiger partial charge < -0.3 is 10.8 Å². The molecule has 16 heavy (non-hydrogen) atoms. The van der Waals surface area contributed by atoms with Crippen molar-refractivity contribution in [1.29, 1.82) is 0 Å². The Morgan fingerprint density at radius 2 is 2.12 bits per heavy atom. The number of carbonyl (C=O) groups is 1. The summed E-state index contributed by atoms with van der Waals surface area (Å²) in [6, 6.07) is 1.26. The summed E-state index contributed by atoms with van der Waals surface area (Å²) in [5.41, 5.74) is 5.17. The third-order valence-corrected chi connectivity index (χ3v) is 2.08. The van der Waals surface area contributed by atoms with Crippen molar-refractivity contribution in [3.8, 4) is 18.1 Å². The van der Waals surface area contributed by atoms with E-state index in [1.807, 2.05) is 0 Å². The fourth-order valence-electron chi connectivity index (χ4n) is 1.14. The van der Waals surface area contributed by atoms with Crippen molar-refractivity contribution in [2.45, 2.75) is 20.8 Å². The molecule has 0 fully saturated rings. The van der Waals surface area contributed by atoms with E-state index < -0.39 is 5.41 Å². The number of aromatic nitrogens is 1. The highest BCUT2D eigenvalue weighted by Crippen LogP contribution is 2.29. The fraction of sp³-hybridized carbons (Fsp3) is 0.333. The molecule has 0 amide bonds. The molecule has 1 aromatic heterocycles. The second-order valence-corrected chi connectivity index (χ2v) is 4.51. The van der Waals surface area contributed by atoms with Gasteiger partial charge >= 0.3 is 0 Å². The van der Waals surface area contributed by atoms with Crippen molar-refractivity contribution < 1.29 is 9.90 Å². The van der Waals surface area contributed by atoms with Gasteiger partial charge in [-0.2, -0.15) is 0 Å². The molecule has 0 aliphatic rings. The van der Waals surface area contributed by atoms with Gasteiger partial charge in [0.15, 0.2) is 5.78 Å². The minimum Gasteiger partial charge on any atom is -0.506 e. The first-order chi connectivity index (χ1) is 7.27. The van der Waals surface area contributed by atoms with Crippen LogP contribution in [0.15, 0.2) is 6.07 Å². The summed E-state index contributed by atoms with van der Waals surface area (Å²) in [7, 11) is 0. The monoisotopic (exact) mass is 218 g/mol. The molecule has 84 valence electrons. The van der Waals surface area contributed by atoms with Crippen LogP contribution in [0.4, 0.5) is 5.69 Å². The van der Waals surface area contributed by atoms with Gasteiger partial charge in [0.2, 0.25) is 0 Å². The van der Waals surface area contributed by atoms with E-state index in [-0.39, 0.29) is 28.6 Å². The lowest BCUT2D eigenvalue weighted by atomic mass is 9.88. The molecule has 4 nitrogen and oxygen atoms in total. The summed E-state index contributed by atoms with van der Waals surface area (Å²) in [5.74, 6) is 1.80. The number of terminal acetylenes is 1. The summed E-state index contributed by atoms with van der Waals surface area (Å²) in [6.45, 7) is 5.24. The van der Waals surface area contributed by atoms with Gasteiger partial charge in [-0.1, -0.05) is 26.7 Å². The lowest BCUT2D eigenvalue weighted by Gasteiger charge is -2.17. The first-order valence-electron chi connectivity index (χ1n) is 4.78. The van der Waals surface area contributed by atoms with E-state index in [0.29, 0.717) is 0 Å². The number of pyridine rings is 1. The number of nitrogens with zero attached hydrogens (tertiary/aromatic N) is 1. The molecule has 0 saturated heterocycles. The minimum atomic E-state index is -0.624. The Balaban J connectivity index is 3.40. The molecule has 0 bridgehead atoms. The fourth-order valence-corrected chi connectivity index (χ4v) is 1.14. The molecule has 1 rings (SSSR count). The Bertz CT molecular complexity index is 479. The molecule has 0 spiro atoms. The average Bonchev–Trinajstić information content (AvgIpc) is 2.19. The molecule has 0 saturated carbocycles. The maximum atomic E-state index is 12.0. The van der Waals surface area contributed by atoms with Gasteiger partial charge in [0.1, 0.15) is 22.8 Å². The topological polar surface area (TPSA) is 76.2 Å². The highest BCUT2D eigenvalue weighted by atomic mass is 16.3. The third kappa shape index (κ3) is 2.14. The summed E-state index contributed by atoms with van der Waals surface area (Å²) in [6.07, 6.45) is 5.17. The predicted octanol–water partition coefficient (Wildman–Crippen LogP) is 1.58. The first-order valence-corrected chi connectivity index (χ1v) is 4.78. The molecule has 0 aromatic carbocycles. The highest BCUT2D eigenvalue weighted by molar-refractivity contribution is 6.03. The molecular formula is C12H14N2O2. The Kier molecular flexibility index (Phi) is 2.90. The van der Waals surface area contributed by atoms with Gasteiger partial charge in [0.05, 0.1) is 0 Å². The van der Waals surface area contributed by atoms with E-state index >= 15 is 0 Å². The number of nitrogen functional groups attached to an aromatic ring is 1. The Hall–Kier alpha value is -2.02. The number of ketones is 1. The standard InChI is InChI=1S/C12H14N2O2/c1-5-7-6-8(15)9(13)10(14-7)11(16)12(2,3)4/h1,6H,13H2,2-4H3,(H,14,15). The van der Waals surface area contributed by atoms with Gasteiger partial charge in [0, 0.05) is 11.5 Å². The number of hydrogen-bond donors (Lipinski definition) is 2. The molecule has 0 unspecified atom stereocenters. The van der Waals surface area contributed by atoms with E-state index in [1.165, 1.54) is 6.07 Å². The van der Waals surface area contributed by atoms with E-state index in [9.17, 15) is 9.90 Å². The van der Waals surface area contributed by atoms with Crippen molar-refractivity contribution in [3.63, 3.8) is 0 Å². The number of Topliss-reactive ketones (excluding diaryl/α,β-unsaturated/α-hetero) is 1. The summed E-state index contributed by atoms with van der Waals surface area (Å²) >= 11 is 0. The van der Waals surface area contributed by atoms with Gasteiger partial charge in [-0.05, 0) is 0 Å². The van der Waals surface area contributed by atoms with Crippen LogP contribution in [0.2, 0.25) is 0 Å². The normalized spacial score (nSPS) is 10.9. The van der Waals surface area contributed by atoms with E-state index in [4.69, 9.17) is 12.2 Å². The largest absolute Gasteiger partial charge is 0.506 e. The zero-order valence-electron chi connectivity index (χ0n) is 9.53. The molecule has 0 aliphatic heterocycles. The number of rotatable bonds is 1. The molecule has 0 atom stereocenters. The molecule has 1 aromatic rings. The van der Waals surface area contributed by atoms with E-state index in [0.717, 1.165) is 0 Å². The predicted molar refractivity (Wildman–Crippen MR) is 62.0 cm³/mol. The van der Waals surface area contributed by atoms with Gasteiger partial charge in [0.25, 0.3) is 0 Å². The Morgan fingerprint density at radius 1 is 1.56 bits per heavy atom. The molecule has 0 aliphatic carbocycles. The van der Waals surface area contributed by atoms with Crippen LogP contribution in [-0.4, -0.2) is 15.9 Å². The number of carbonyl (C=O) groups excluding carboxylic acids is 1. The molecule has 4 heteroatoms. The zero-order valence-corrected chi connectivity index (χ0v) is 9.53. The van der Waals surface area contributed by atoms with Crippen molar-refractivity contribution in [2.75, 3.05) is 5.73 Å². The van der Waals surface area contributed by atoms with Crippen LogP contribution in [0.25, 0.3) is 0 Å². The lowest BCUT2D eigenvalue weighted by Crippen LogP contribution is -2.23. The smallest absolute Gasteiger partial charge is 0.188 e. The van der Waals surface area contributed by atoms with E-state index in [1.54, 1.807) is 20.8 Å². The minimum absolute atomic E-state index is 0.0282. The van der Waals surface area contributed by atoms with Crippen LogP contribution in [0, 0.1) is 17.8 Å². The number of anilines is 1. The van der Waals surface area contributed by atoms with Gasteiger partial charge in [-0.15, -0.1) is 6.42 Å². The second-order valence-electron chi connectivity index (χ2n) is 4.51. The summed E-state index contributed by atoms with van der Waals surface area (Å²) < 4.78 is 0. The maximum Gasteiger partial charge on any atom is 0.188 e. The van der Waals surface area contributed by atoms with Gasteiger partial charge in [-0.25, -0.2) is 4.98 Å². The maximum absolute atomic E-state index is 12.0. The van der Waals surface area contributed by atoms with Crippen molar-refractivity contribution in [2.24, 2.45) is 5.41 Å². The Morgan fingerprint density at radius 3 is 2.56 bits per heavy atom. The number of nitrogens with two attached hydrogens (primary N) is 1. The molecular weight excluding hydrogens is 204 g/mol. The van der Waals surface area contributed by atoms with Crippen LogP contribution >= 0.6 is 0 Å². The summed E-state index contributed by atoms with van der Waals surface area (Å²) in [5, 5.41) is 9.51. The van der Waals surface area contributed by atoms with Crippen LogP contribution < -0.4 is 5.73 Å². The third-order valence-electron chi connectivity index (χ3n) is 2.08. The van der Waals surface area contributed by atoms with Crippen LogP contribution in [0.3, 0.4) is 0 Å². The van der Waals surface area contributed by atoms with Crippen LogP contribution in [-0.2, 0) is 0 Å². The molecule has 1 heterocycles. The molecule has 3 N–H and O–H groups in total. The molecule has 0 radical (unpaired) electrons. The average molecular weight is 218 g/mol. The number of hydrogen-bond acceptors (Lipinski definition) is 4. The highest BCUT2D eigenvalue weighted by Gasteiger charge is 2.27. The van der Waals surface area contributed by atoms with Gasteiger partial charge in [-0.3, -0.25) is 4.79 Å². The van der Waals surface area contributed by atoms with E-state index in [2.05, 4.69) is 10.9 Å². The quantitative estimate of drug-likeness (QED) is 0.554. The first kappa shape index (κ1) is 12.1. The van der Waals surface area contributed by atoms with Crippen molar-refractivity contribution in [3.05, 3.63) is 17.5 Å². The Labute approximate surface area is 94.5 Å². The lowest BCUT2D eigenvalue weighted by molar-refractivity contribution is 0.0853. The van der Waals surface area contributed by atoms with Crippen molar-refractivity contribution >= 4 is 11.5 Å². The van der Waals surface area contributed by atoms with Crippen LogP contribution in [0.5, 0.6) is 5.75 Å². The number of aromatic hydroxyl groups is 1. The zero-order chi connectivity index (χ0) is 12.5. The SMILES string of the molecule is C#Cc1cc(O)c(N)c(C(=O)C(C)(C)C)n1. The summed E-state index contributed by atoms with van der Waals surface area (Å²) in [4.78, 5) is 15.9. The second kappa shape index (κ2) is 3.86.